The van der Waals surface area contributed by atoms with E-state index in [0.29, 0.717) is 11.3 Å². The largest absolute Gasteiger partial charge is 0.391 e. The van der Waals surface area contributed by atoms with Crippen LogP contribution in [-0.4, -0.2) is 14.9 Å². The molecule has 0 bridgehead atoms. The van der Waals surface area contributed by atoms with Crippen molar-refractivity contribution in [1.82, 2.24) is 9.78 Å². The highest BCUT2D eigenvalue weighted by Gasteiger charge is 2.07. The maximum absolute atomic E-state index is 11.6. The van der Waals surface area contributed by atoms with E-state index in [4.69, 9.17) is 0 Å². The third-order valence-corrected chi connectivity index (χ3v) is 3.11. The molecule has 0 spiro atoms. The number of hydrogen-bond donors (Lipinski definition) is 1. The summed E-state index contributed by atoms with van der Waals surface area (Å²) in [5, 5.41) is 13.4. The molecule has 0 saturated carbocycles. The molecule has 0 amide bonds. The molecule has 0 aliphatic carbocycles. The molecule has 4 heteroatoms. The van der Waals surface area contributed by atoms with Gasteiger partial charge in [0.25, 0.3) is 5.56 Å². The van der Waals surface area contributed by atoms with Gasteiger partial charge in [0.05, 0.1) is 12.3 Å². The Kier molecular flexibility index (Phi) is 3.30. The van der Waals surface area contributed by atoms with Gasteiger partial charge < -0.3 is 5.11 Å². The molecule has 2 aromatic rings. The summed E-state index contributed by atoms with van der Waals surface area (Å²) in [4.78, 5) is 11.6. The molecule has 1 N–H and O–H groups in total. The number of nitrogens with zero attached hydrogens (tertiary/aromatic N) is 2. The van der Waals surface area contributed by atoms with Crippen molar-refractivity contribution in [2.45, 2.75) is 20.5 Å². The Labute approximate surface area is 106 Å². The van der Waals surface area contributed by atoms with E-state index in [1.807, 2.05) is 32.0 Å². The van der Waals surface area contributed by atoms with Crippen molar-refractivity contribution < 1.29 is 5.11 Å². The van der Waals surface area contributed by atoms with Crippen molar-refractivity contribution in [2.75, 3.05) is 0 Å². The summed E-state index contributed by atoms with van der Waals surface area (Å²) in [7, 11) is 1.59. The van der Waals surface area contributed by atoms with E-state index in [1.54, 1.807) is 13.1 Å². The second kappa shape index (κ2) is 4.74. The fraction of sp³-hybridized carbons (Fsp3) is 0.286. The highest BCUT2D eigenvalue weighted by atomic mass is 16.3. The Morgan fingerprint density at radius 1 is 1.22 bits per heavy atom. The van der Waals surface area contributed by atoms with Crippen LogP contribution < -0.4 is 5.56 Å². The van der Waals surface area contributed by atoms with Crippen LogP contribution in [0.4, 0.5) is 0 Å². The van der Waals surface area contributed by atoms with Crippen LogP contribution in [-0.2, 0) is 13.7 Å². The normalized spacial score (nSPS) is 10.7. The lowest BCUT2D eigenvalue weighted by molar-refractivity contribution is 0.279. The zero-order valence-corrected chi connectivity index (χ0v) is 10.8. The molecule has 0 atom stereocenters. The summed E-state index contributed by atoms with van der Waals surface area (Å²) in [6.45, 7) is 3.81. The van der Waals surface area contributed by atoms with Gasteiger partial charge in [-0.1, -0.05) is 12.1 Å². The van der Waals surface area contributed by atoms with Crippen LogP contribution in [0.3, 0.4) is 0 Å². The second-order valence-corrected chi connectivity index (χ2v) is 4.44. The first kappa shape index (κ1) is 12.5. The lowest BCUT2D eigenvalue weighted by Gasteiger charge is -2.08. The van der Waals surface area contributed by atoms with Gasteiger partial charge in [0.15, 0.2) is 0 Å². The average Bonchev–Trinajstić information content (AvgIpc) is 2.36. The first-order valence-corrected chi connectivity index (χ1v) is 5.78. The average molecular weight is 244 g/mol. The zero-order chi connectivity index (χ0) is 13.3. The van der Waals surface area contributed by atoms with Crippen molar-refractivity contribution in [3.05, 3.63) is 51.3 Å². The standard InChI is InChI=1S/C14H16N2O2/c1-9-4-5-11(6-10(9)2)13-7-12(8-17)14(18)16(3)15-13/h4-7,17H,8H2,1-3H3. The number of benzene rings is 1. The summed E-state index contributed by atoms with van der Waals surface area (Å²) in [6.07, 6.45) is 0. The topological polar surface area (TPSA) is 55.1 Å². The molecule has 0 aliphatic rings. The van der Waals surface area contributed by atoms with Gasteiger partial charge in [-0.3, -0.25) is 4.79 Å². The second-order valence-electron chi connectivity index (χ2n) is 4.44. The van der Waals surface area contributed by atoms with Gasteiger partial charge in [-0.15, -0.1) is 0 Å². The van der Waals surface area contributed by atoms with E-state index < -0.39 is 0 Å². The summed E-state index contributed by atoms with van der Waals surface area (Å²) in [5.74, 6) is 0. The Bertz CT molecular complexity index is 645. The highest BCUT2D eigenvalue weighted by molar-refractivity contribution is 5.61. The van der Waals surface area contributed by atoms with E-state index in [-0.39, 0.29) is 12.2 Å². The van der Waals surface area contributed by atoms with Gasteiger partial charge in [0.2, 0.25) is 0 Å². The van der Waals surface area contributed by atoms with Gasteiger partial charge in [-0.05, 0) is 37.1 Å². The summed E-state index contributed by atoms with van der Waals surface area (Å²) >= 11 is 0. The molecule has 1 aromatic heterocycles. The number of hydrogen-bond acceptors (Lipinski definition) is 3. The van der Waals surface area contributed by atoms with E-state index in [0.717, 1.165) is 5.56 Å². The maximum atomic E-state index is 11.6. The fourth-order valence-corrected chi connectivity index (χ4v) is 1.83. The zero-order valence-electron chi connectivity index (χ0n) is 10.8. The molecule has 0 fully saturated rings. The fourth-order valence-electron chi connectivity index (χ4n) is 1.83. The summed E-state index contributed by atoms with van der Waals surface area (Å²) in [5.41, 5.74) is 4.14. The van der Waals surface area contributed by atoms with Gasteiger partial charge in [0.1, 0.15) is 0 Å². The molecule has 0 saturated heterocycles. The van der Waals surface area contributed by atoms with Crippen LogP contribution in [0.25, 0.3) is 11.3 Å². The molecule has 18 heavy (non-hydrogen) atoms. The van der Waals surface area contributed by atoms with E-state index in [9.17, 15) is 9.90 Å². The molecule has 94 valence electrons. The highest BCUT2D eigenvalue weighted by Crippen LogP contribution is 2.20. The Morgan fingerprint density at radius 2 is 1.94 bits per heavy atom. The first-order chi connectivity index (χ1) is 8.52. The minimum absolute atomic E-state index is 0.259. The molecule has 1 heterocycles. The molecular formula is C14H16N2O2. The third kappa shape index (κ3) is 2.19. The van der Waals surface area contributed by atoms with Crippen LogP contribution in [0, 0.1) is 13.8 Å². The van der Waals surface area contributed by atoms with Crippen LogP contribution in [0.5, 0.6) is 0 Å². The van der Waals surface area contributed by atoms with Crippen LogP contribution in [0.2, 0.25) is 0 Å². The van der Waals surface area contributed by atoms with Gasteiger partial charge in [-0.25, -0.2) is 4.68 Å². The number of aromatic nitrogens is 2. The minimum Gasteiger partial charge on any atom is -0.391 e. The predicted molar refractivity (Wildman–Crippen MR) is 70.3 cm³/mol. The van der Waals surface area contributed by atoms with Crippen molar-refractivity contribution in [1.29, 1.82) is 0 Å². The molecule has 0 unspecified atom stereocenters. The van der Waals surface area contributed by atoms with Crippen LogP contribution in [0.15, 0.2) is 29.1 Å². The van der Waals surface area contributed by atoms with E-state index in [1.165, 1.54) is 15.8 Å². The smallest absolute Gasteiger partial charge is 0.272 e. The molecule has 4 nitrogen and oxygen atoms in total. The molecule has 0 radical (unpaired) electrons. The van der Waals surface area contributed by atoms with Crippen molar-refractivity contribution in [2.24, 2.45) is 7.05 Å². The quantitative estimate of drug-likeness (QED) is 0.872. The maximum Gasteiger partial charge on any atom is 0.272 e. The molecular weight excluding hydrogens is 228 g/mol. The third-order valence-electron chi connectivity index (χ3n) is 3.11. The van der Waals surface area contributed by atoms with Crippen molar-refractivity contribution in [3.8, 4) is 11.3 Å². The number of aryl methyl sites for hydroxylation is 3. The Hall–Kier alpha value is -1.94. The monoisotopic (exact) mass is 244 g/mol. The van der Waals surface area contributed by atoms with Gasteiger partial charge >= 0.3 is 0 Å². The number of rotatable bonds is 2. The Morgan fingerprint density at radius 3 is 2.56 bits per heavy atom. The van der Waals surface area contributed by atoms with Crippen LogP contribution in [0.1, 0.15) is 16.7 Å². The number of aliphatic hydroxyl groups excluding tert-OH is 1. The molecule has 2 rings (SSSR count). The first-order valence-electron chi connectivity index (χ1n) is 5.78. The molecule has 1 aromatic carbocycles. The Balaban J connectivity index is 2.60. The van der Waals surface area contributed by atoms with E-state index in [2.05, 4.69) is 5.10 Å². The SMILES string of the molecule is Cc1ccc(-c2cc(CO)c(=O)n(C)n2)cc1C. The number of aliphatic hydroxyl groups is 1. The van der Waals surface area contributed by atoms with Crippen LogP contribution >= 0.6 is 0 Å². The predicted octanol–water partition coefficient (Wildman–Crippen LogP) is 1.56. The van der Waals surface area contributed by atoms with Gasteiger partial charge in [-0.2, -0.15) is 5.10 Å². The lowest BCUT2D eigenvalue weighted by atomic mass is 10.0. The van der Waals surface area contributed by atoms with Crippen molar-refractivity contribution in [3.63, 3.8) is 0 Å². The molecule has 0 aliphatic heterocycles. The van der Waals surface area contributed by atoms with Crippen molar-refractivity contribution >= 4 is 0 Å². The lowest BCUT2D eigenvalue weighted by Crippen LogP contribution is -2.23. The minimum atomic E-state index is -0.271. The summed E-state index contributed by atoms with van der Waals surface area (Å²) in [6, 6.07) is 7.67. The van der Waals surface area contributed by atoms with Gasteiger partial charge in [0, 0.05) is 18.2 Å². The van der Waals surface area contributed by atoms with E-state index >= 15 is 0 Å². The summed E-state index contributed by atoms with van der Waals surface area (Å²) < 4.78 is 1.26.